The van der Waals surface area contributed by atoms with Crippen molar-refractivity contribution in [3.63, 3.8) is 0 Å². The van der Waals surface area contributed by atoms with Gasteiger partial charge in [-0.3, -0.25) is 4.79 Å². The Bertz CT molecular complexity index is 250. The summed E-state index contributed by atoms with van der Waals surface area (Å²) in [4.78, 5) is 11.2. The standard InChI is InChI=1S/C10H16O5/c1-6-4-7(11)2-3-8(12)9(13)5-10(14)15-6/h2-3,6-9,11-13H,4-5H2,1H3/b3-2-/t6-,7-,8-,9-/m1/s1. The summed E-state index contributed by atoms with van der Waals surface area (Å²) in [6.45, 7) is 1.67. The lowest BCUT2D eigenvalue weighted by atomic mass is 10.1. The highest BCUT2D eigenvalue weighted by Crippen LogP contribution is 2.11. The second kappa shape index (κ2) is 5.25. The zero-order chi connectivity index (χ0) is 11.4. The van der Waals surface area contributed by atoms with E-state index < -0.39 is 30.4 Å². The van der Waals surface area contributed by atoms with Crippen molar-refractivity contribution in [3.8, 4) is 0 Å². The minimum atomic E-state index is -1.19. The molecule has 0 saturated heterocycles. The number of hydrogen-bond acceptors (Lipinski definition) is 5. The zero-order valence-electron chi connectivity index (χ0n) is 8.54. The molecule has 3 N–H and O–H groups in total. The van der Waals surface area contributed by atoms with E-state index in [9.17, 15) is 20.1 Å². The van der Waals surface area contributed by atoms with Crippen LogP contribution in [0.2, 0.25) is 0 Å². The van der Waals surface area contributed by atoms with Gasteiger partial charge in [0.1, 0.15) is 6.10 Å². The summed E-state index contributed by atoms with van der Waals surface area (Å²) in [6.07, 6.45) is -0.805. The third kappa shape index (κ3) is 3.99. The molecule has 4 atom stereocenters. The van der Waals surface area contributed by atoms with E-state index in [4.69, 9.17) is 4.74 Å². The number of ether oxygens (including phenoxy) is 1. The summed E-state index contributed by atoms with van der Waals surface area (Å²) in [5, 5.41) is 28.1. The van der Waals surface area contributed by atoms with Crippen LogP contribution in [-0.2, 0) is 9.53 Å². The van der Waals surface area contributed by atoms with Gasteiger partial charge in [0.25, 0.3) is 0 Å². The Kier molecular flexibility index (Phi) is 4.26. The quantitative estimate of drug-likeness (QED) is 0.370. The van der Waals surface area contributed by atoms with E-state index in [1.807, 2.05) is 0 Å². The third-order valence-corrected chi connectivity index (χ3v) is 2.21. The molecule has 0 radical (unpaired) electrons. The van der Waals surface area contributed by atoms with Gasteiger partial charge in [-0.25, -0.2) is 0 Å². The van der Waals surface area contributed by atoms with Gasteiger partial charge in [0.2, 0.25) is 0 Å². The lowest BCUT2D eigenvalue weighted by Gasteiger charge is -2.20. The van der Waals surface area contributed by atoms with E-state index in [0.717, 1.165) is 0 Å². The van der Waals surface area contributed by atoms with E-state index in [-0.39, 0.29) is 12.8 Å². The maximum atomic E-state index is 11.2. The molecule has 0 unspecified atom stereocenters. The molecule has 0 aromatic carbocycles. The average molecular weight is 216 g/mol. The molecule has 0 aromatic heterocycles. The molecule has 1 rings (SSSR count). The number of esters is 1. The van der Waals surface area contributed by atoms with Crippen molar-refractivity contribution in [3.05, 3.63) is 12.2 Å². The van der Waals surface area contributed by atoms with E-state index >= 15 is 0 Å². The molecule has 86 valence electrons. The molecule has 5 nitrogen and oxygen atoms in total. The van der Waals surface area contributed by atoms with Crippen LogP contribution in [0, 0.1) is 0 Å². The van der Waals surface area contributed by atoms with E-state index in [1.165, 1.54) is 12.2 Å². The summed E-state index contributed by atoms with van der Waals surface area (Å²) in [7, 11) is 0. The van der Waals surface area contributed by atoms with Gasteiger partial charge in [0.05, 0.1) is 24.7 Å². The van der Waals surface area contributed by atoms with Crippen molar-refractivity contribution >= 4 is 5.97 Å². The molecule has 5 heteroatoms. The van der Waals surface area contributed by atoms with Crippen LogP contribution in [0.5, 0.6) is 0 Å². The number of aliphatic hydroxyl groups is 3. The maximum Gasteiger partial charge on any atom is 0.308 e. The molecule has 0 aliphatic carbocycles. The molecular weight excluding hydrogens is 200 g/mol. The second-order valence-electron chi connectivity index (χ2n) is 3.75. The van der Waals surface area contributed by atoms with Crippen LogP contribution in [0.1, 0.15) is 19.8 Å². The molecule has 0 spiro atoms. The minimum Gasteiger partial charge on any atom is -0.462 e. The highest BCUT2D eigenvalue weighted by molar-refractivity contribution is 5.70. The normalized spacial score (nSPS) is 40.7. The fourth-order valence-corrected chi connectivity index (χ4v) is 1.40. The molecular formula is C10H16O5. The van der Waals surface area contributed by atoms with Crippen molar-refractivity contribution < 1.29 is 24.9 Å². The van der Waals surface area contributed by atoms with Crippen LogP contribution >= 0.6 is 0 Å². The zero-order valence-corrected chi connectivity index (χ0v) is 8.54. The first-order valence-corrected chi connectivity index (χ1v) is 4.91. The summed E-state index contributed by atoms with van der Waals surface area (Å²) >= 11 is 0. The van der Waals surface area contributed by atoms with Gasteiger partial charge < -0.3 is 20.1 Å². The van der Waals surface area contributed by atoms with Crippen LogP contribution in [-0.4, -0.2) is 45.7 Å². The molecule has 15 heavy (non-hydrogen) atoms. The van der Waals surface area contributed by atoms with Gasteiger partial charge in [-0.1, -0.05) is 12.2 Å². The average Bonchev–Trinajstić information content (AvgIpc) is 2.12. The van der Waals surface area contributed by atoms with Crippen LogP contribution < -0.4 is 0 Å². The smallest absolute Gasteiger partial charge is 0.308 e. The largest absolute Gasteiger partial charge is 0.462 e. The molecule has 0 fully saturated rings. The fraction of sp³-hybridized carbons (Fsp3) is 0.700. The van der Waals surface area contributed by atoms with E-state index in [1.54, 1.807) is 6.92 Å². The Morgan fingerprint density at radius 2 is 2.00 bits per heavy atom. The Morgan fingerprint density at radius 1 is 1.33 bits per heavy atom. The van der Waals surface area contributed by atoms with Crippen LogP contribution in [0.25, 0.3) is 0 Å². The molecule has 0 amide bonds. The number of hydrogen-bond donors (Lipinski definition) is 3. The van der Waals surface area contributed by atoms with Gasteiger partial charge in [-0.05, 0) is 6.92 Å². The highest BCUT2D eigenvalue weighted by Gasteiger charge is 2.22. The van der Waals surface area contributed by atoms with Crippen molar-refractivity contribution in [1.29, 1.82) is 0 Å². The third-order valence-electron chi connectivity index (χ3n) is 2.21. The van der Waals surface area contributed by atoms with Crippen molar-refractivity contribution in [2.45, 2.75) is 44.2 Å². The van der Waals surface area contributed by atoms with Crippen LogP contribution in [0.3, 0.4) is 0 Å². The summed E-state index contributed by atoms with van der Waals surface area (Å²) in [5.74, 6) is -0.573. The Balaban J connectivity index is 2.72. The molecule has 0 saturated carbocycles. The Morgan fingerprint density at radius 3 is 2.67 bits per heavy atom. The first-order valence-electron chi connectivity index (χ1n) is 4.91. The number of rotatable bonds is 0. The second-order valence-corrected chi connectivity index (χ2v) is 3.75. The van der Waals surface area contributed by atoms with Crippen LogP contribution in [0.4, 0.5) is 0 Å². The summed E-state index contributed by atoms with van der Waals surface area (Å²) in [5.41, 5.74) is 0. The predicted molar refractivity (Wildman–Crippen MR) is 51.9 cm³/mol. The number of carbonyl (C=O) groups is 1. The first kappa shape index (κ1) is 12.2. The molecule has 1 heterocycles. The maximum absolute atomic E-state index is 11.2. The molecule has 1 aliphatic heterocycles. The minimum absolute atomic E-state index is 0.244. The van der Waals surface area contributed by atoms with E-state index in [2.05, 4.69) is 0 Å². The molecule has 0 aromatic rings. The number of cyclic esters (lactones) is 1. The molecule has 1 aliphatic rings. The first-order chi connectivity index (χ1) is 6.99. The topological polar surface area (TPSA) is 87.0 Å². The summed E-state index contributed by atoms with van der Waals surface area (Å²) < 4.78 is 4.91. The highest BCUT2D eigenvalue weighted by atomic mass is 16.5. The van der Waals surface area contributed by atoms with Crippen molar-refractivity contribution in [2.75, 3.05) is 0 Å². The Labute approximate surface area is 88.0 Å². The lowest BCUT2D eigenvalue weighted by molar-refractivity contribution is -0.152. The van der Waals surface area contributed by atoms with Crippen molar-refractivity contribution in [2.24, 2.45) is 0 Å². The number of aliphatic hydroxyl groups excluding tert-OH is 3. The van der Waals surface area contributed by atoms with Gasteiger partial charge in [-0.2, -0.15) is 0 Å². The van der Waals surface area contributed by atoms with Crippen molar-refractivity contribution in [1.82, 2.24) is 0 Å². The molecule has 0 bridgehead atoms. The van der Waals surface area contributed by atoms with Gasteiger partial charge in [-0.15, -0.1) is 0 Å². The summed E-state index contributed by atoms with van der Waals surface area (Å²) in [6, 6.07) is 0. The SMILES string of the molecule is C[C@@H]1C[C@H](O)/C=C\[C@@H](O)[C@H](O)CC(=O)O1. The van der Waals surface area contributed by atoms with Gasteiger partial charge in [0.15, 0.2) is 0 Å². The van der Waals surface area contributed by atoms with E-state index in [0.29, 0.717) is 0 Å². The Hall–Kier alpha value is -0.910. The number of carbonyl (C=O) groups excluding carboxylic acids is 1. The van der Waals surface area contributed by atoms with Gasteiger partial charge in [0, 0.05) is 6.42 Å². The predicted octanol–water partition coefficient (Wildman–Crippen LogP) is -0.649. The fourth-order valence-electron chi connectivity index (χ4n) is 1.40. The van der Waals surface area contributed by atoms with Crippen LogP contribution in [0.15, 0.2) is 12.2 Å². The monoisotopic (exact) mass is 216 g/mol. The van der Waals surface area contributed by atoms with Gasteiger partial charge >= 0.3 is 5.97 Å². The lowest BCUT2D eigenvalue weighted by Crippen LogP contribution is -2.31.